The van der Waals surface area contributed by atoms with Crippen molar-refractivity contribution in [2.45, 2.75) is 24.7 Å². The van der Waals surface area contributed by atoms with E-state index >= 15 is 0 Å². The molecule has 5 nitrogen and oxygen atoms in total. The van der Waals surface area contributed by atoms with Gasteiger partial charge in [-0.25, -0.2) is 4.79 Å². The van der Waals surface area contributed by atoms with Gasteiger partial charge in [0.1, 0.15) is 0 Å². The molecule has 1 fully saturated rings. The van der Waals surface area contributed by atoms with Crippen LogP contribution in [0.1, 0.15) is 24.8 Å². The first kappa shape index (κ1) is 14.4. The van der Waals surface area contributed by atoms with E-state index in [1.54, 1.807) is 7.05 Å². The van der Waals surface area contributed by atoms with E-state index in [4.69, 9.17) is 5.11 Å². The number of hydrogen-bond donors (Lipinski definition) is 2. The molecule has 2 N–H and O–H groups in total. The van der Waals surface area contributed by atoms with Crippen LogP contribution in [0, 0.1) is 0 Å². The molecule has 20 heavy (non-hydrogen) atoms. The second kappa shape index (κ2) is 5.94. The molecule has 0 spiro atoms. The number of nitrogens with zero attached hydrogens (tertiary/aromatic N) is 1. The lowest BCUT2D eigenvalue weighted by atomic mass is 9.96. The lowest BCUT2D eigenvalue weighted by molar-refractivity contribution is -0.137. The Labute approximate surface area is 118 Å². The fourth-order valence-corrected chi connectivity index (χ4v) is 2.25. The Morgan fingerprint density at radius 2 is 1.95 bits per heavy atom. The summed E-state index contributed by atoms with van der Waals surface area (Å²) in [6.07, 6.45) is 2.13. The number of amides is 2. The van der Waals surface area contributed by atoms with Crippen LogP contribution in [0.2, 0.25) is 0 Å². The Morgan fingerprint density at radius 3 is 2.50 bits per heavy atom. The number of carbonyl (C=O) groups is 2. The molecular formula is C15H20N2O3. The standard InChI is InChI=1S/C15H20N2O3/c1-17(10-7-13(18)19)14(20)16-11-15(8-9-15)12-5-3-2-4-6-12/h2-6H,7-11H2,1H3,(H,16,20)(H,18,19). The van der Waals surface area contributed by atoms with Crippen LogP contribution in [-0.4, -0.2) is 42.1 Å². The number of aliphatic carboxylic acids is 1. The smallest absolute Gasteiger partial charge is 0.317 e. The second-order valence-corrected chi connectivity index (χ2v) is 5.37. The molecule has 1 aromatic rings. The topological polar surface area (TPSA) is 69.6 Å². The predicted octanol–water partition coefficient (Wildman–Crippen LogP) is 1.83. The first-order valence-corrected chi connectivity index (χ1v) is 6.80. The normalized spacial score (nSPS) is 15.4. The van der Waals surface area contributed by atoms with Crippen molar-refractivity contribution < 1.29 is 14.7 Å². The van der Waals surface area contributed by atoms with Crippen LogP contribution in [0.15, 0.2) is 30.3 Å². The predicted molar refractivity (Wildman–Crippen MR) is 75.6 cm³/mol. The zero-order valence-corrected chi connectivity index (χ0v) is 11.6. The van der Waals surface area contributed by atoms with E-state index in [1.807, 2.05) is 18.2 Å². The van der Waals surface area contributed by atoms with Gasteiger partial charge in [-0.05, 0) is 18.4 Å². The quantitative estimate of drug-likeness (QED) is 0.833. The van der Waals surface area contributed by atoms with Gasteiger partial charge in [-0.1, -0.05) is 30.3 Å². The van der Waals surface area contributed by atoms with E-state index < -0.39 is 5.97 Å². The molecule has 0 aliphatic heterocycles. The highest BCUT2D eigenvalue weighted by molar-refractivity contribution is 5.75. The summed E-state index contributed by atoms with van der Waals surface area (Å²) in [5.74, 6) is -0.896. The average Bonchev–Trinajstić information content (AvgIpc) is 3.24. The van der Waals surface area contributed by atoms with Crippen LogP contribution < -0.4 is 5.32 Å². The average molecular weight is 276 g/mol. The monoisotopic (exact) mass is 276 g/mol. The van der Waals surface area contributed by atoms with E-state index in [1.165, 1.54) is 10.5 Å². The van der Waals surface area contributed by atoms with Crippen LogP contribution in [0.3, 0.4) is 0 Å². The van der Waals surface area contributed by atoms with Gasteiger partial charge in [-0.15, -0.1) is 0 Å². The third kappa shape index (κ3) is 3.50. The highest BCUT2D eigenvalue weighted by Crippen LogP contribution is 2.47. The molecular weight excluding hydrogens is 256 g/mol. The number of benzene rings is 1. The summed E-state index contributed by atoms with van der Waals surface area (Å²) >= 11 is 0. The third-order valence-electron chi connectivity index (χ3n) is 3.83. The van der Waals surface area contributed by atoms with E-state index in [9.17, 15) is 9.59 Å². The van der Waals surface area contributed by atoms with Gasteiger partial charge in [0.15, 0.2) is 0 Å². The largest absolute Gasteiger partial charge is 0.481 e. The minimum absolute atomic E-state index is 0.0340. The summed E-state index contributed by atoms with van der Waals surface area (Å²) in [5, 5.41) is 11.5. The van der Waals surface area contributed by atoms with Crippen molar-refractivity contribution >= 4 is 12.0 Å². The first-order chi connectivity index (χ1) is 9.53. The van der Waals surface area contributed by atoms with Gasteiger partial charge in [0.25, 0.3) is 0 Å². The fraction of sp³-hybridized carbons (Fsp3) is 0.467. The minimum atomic E-state index is -0.896. The molecule has 0 unspecified atom stereocenters. The third-order valence-corrected chi connectivity index (χ3v) is 3.83. The van der Waals surface area contributed by atoms with Gasteiger partial charge in [0, 0.05) is 25.6 Å². The number of nitrogens with one attached hydrogen (secondary N) is 1. The van der Waals surface area contributed by atoms with Crippen molar-refractivity contribution in [2.24, 2.45) is 0 Å². The maximum absolute atomic E-state index is 11.9. The van der Waals surface area contributed by atoms with Crippen molar-refractivity contribution in [3.05, 3.63) is 35.9 Å². The summed E-state index contributed by atoms with van der Waals surface area (Å²) in [7, 11) is 1.61. The summed E-state index contributed by atoms with van der Waals surface area (Å²) in [6, 6.07) is 9.97. The molecule has 0 atom stereocenters. The highest BCUT2D eigenvalue weighted by atomic mass is 16.4. The number of rotatable bonds is 6. The van der Waals surface area contributed by atoms with Crippen molar-refractivity contribution in [3.63, 3.8) is 0 Å². The van der Waals surface area contributed by atoms with Crippen LogP contribution in [0.5, 0.6) is 0 Å². The summed E-state index contributed by atoms with van der Waals surface area (Å²) < 4.78 is 0. The fourth-order valence-electron chi connectivity index (χ4n) is 2.25. The SMILES string of the molecule is CN(CCC(=O)O)C(=O)NCC1(c2ccccc2)CC1. The first-order valence-electron chi connectivity index (χ1n) is 6.80. The second-order valence-electron chi connectivity index (χ2n) is 5.37. The molecule has 1 aliphatic rings. The Balaban J connectivity index is 1.83. The van der Waals surface area contributed by atoms with E-state index in [-0.39, 0.29) is 24.4 Å². The van der Waals surface area contributed by atoms with Crippen molar-refractivity contribution in [2.75, 3.05) is 20.1 Å². The molecule has 2 rings (SSSR count). The Kier molecular flexibility index (Phi) is 4.27. The Hall–Kier alpha value is -2.04. The molecule has 5 heteroatoms. The summed E-state index contributed by atoms with van der Waals surface area (Å²) in [4.78, 5) is 23.8. The molecule has 1 aromatic carbocycles. The zero-order valence-electron chi connectivity index (χ0n) is 11.6. The van der Waals surface area contributed by atoms with Gasteiger partial charge in [-0.3, -0.25) is 4.79 Å². The summed E-state index contributed by atoms with van der Waals surface area (Å²) in [6.45, 7) is 0.826. The lowest BCUT2D eigenvalue weighted by Crippen LogP contribution is -2.41. The molecule has 0 bridgehead atoms. The van der Waals surface area contributed by atoms with E-state index in [0.29, 0.717) is 6.54 Å². The van der Waals surface area contributed by atoms with Gasteiger partial charge in [-0.2, -0.15) is 0 Å². The number of carbonyl (C=O) groups excluding carboxylic acids is 1. The number of hydrogen-bond acceptors (Lipinski definition) is 2. The van der Waals surface area contributed by atoms with Crippen LogP contribution in [-0.2, 0) is 10.2 Å². The van der Waals surface area contributed by atoms with Gasteiger partial charge in [0.2, 0.25) is 0 Å². The molecule has 108 valence electrons. The van der Waals surface area contributed by atoms with Crippen LogP contribution in [0.4, 0.5) is 4.79 Å². The van der Waals surface area contributed by atoms with Gasteiger partial charge < -0.3 is 15.3 Å². The zero-order chi connectivity index (χ0) is 14.6. The molecule has 0 aromatic heterocycles. The molecule has 2 amide bonds. The van der Waals surface area contributed by atoms with Crippen LogP contribution in [0.25, 0.3) is 0 Å². The number of urea groups is 1. The van der Waals surface area contributed by atoms with E-state index in [0.717, 1.165) is 12.8 Å². The number of carboxylic acids is 1. The molecule has 0 heterocycles. The van der Waals surface area contributed by atoms with E-state index in [2.05, 4.69) is 17.4 Å². The molecule has 0 saturated heterocycles. The van der Waals surface area contributed by atoms with Gasteiger partial charge in [0.05, 0.1) is 6.42 Å². The van der Waals surface area contributed by atoms with Gasteiger partial charge >= 0.3 is 12.0 Å². The summed E-state index contributed by atoms with van der Waals surface area (Å²) in [5.41, 5.74) is 1.33. The molecule has 1 saturated carbocycles. The lowest BCUT2D eigenvalue weighted by Gasteiger charge is -2.21. The minimum Gasteiger partial charge on any atom is -0.481 e. The Morgan fingerprint density at radius 1 is 1.30 bits per heavy atom. The Bertz CT molecular complexity index is 483. The van der Waals surface area contributed by atoms with Crippen molar-refractivity contribution in [3.8, 4) is 0 Å². The highest BCUT2D eigenvalue weighted by Gasteiger charge is 2.44. The van der Waals surface area contributed by atoms with Crippen molar-refractivity contribution in [1.82, 2.24) is 10.2 Å². The molecule has 1 aliphatic carbocycles. The maximum Gasteiger partial charge on any atom is 0.317 e. The van der Waals surface area contributed by atoms with Crippen molar-refractivity contribution in [1.29, 1.82) is 0 Å². The maximum atomic E-state index is 11.9. The van der Waals surface area contributed by atoms with Crippen LogP contribution >= 0.6 is 0 Å². The molecule has 0 radical (unpaired) electrons. The number of carboxylic acid groups (broad SMARTS) is 1.